The molecule has 0 radical (unpaired) electrons. The molecule has 0 spiro atoms. The Morgan fingerprint density at radius 3 is 2.48 bits per heavy atom. The molecule has 2 aromatic rings. The number of rotatable bonds is 3. The third-order valence-electron chi connectivity index (χ3n) is 2.76. The van der Waals surface area contributed by atoms with Crippen LogP contribution in [0.1, 0.15) is 25.6 Å². The second-order valence-electron chi connectivity index (χ2n) is 4.21. The topological polar surface area (TPSA) is 55.4 Å². The van der Waals surface area contributed by atoms with Crippen molar-refractivity contribution in [2.24, 2.45) is 0 Å². The zero-order valence-electron chi connectivity index (χ0n) is 11.2. The van der Waals surface area contributed by atoms with Gasteiger partial charge in [0.15, 0.2) is 0 Å². The second kappa shape index (κ2) is 6.72. The number of halogens is 2. The molecule has 1 heterocycles. The summed E-state index contributed by atoms with van der Waals surface area (Å²) in [5.41, 5.74) is 1.91. The first-order valence-electron chi connectivity index (χ1n) is 5.87. The molecular weight excluding hydrogens is 422 g/mol. The van der Waals surface area contributed by atoms with E-state index in [1.54, 1.807) is 24.3 Å². The van der Waals surface area contributed by atoms with E-state index in [2.05, 4.69) is 41.9 Å². The van der Waals surface area contributed by atoms with Crippen LogP contribution in [0, 0.1) is 6.92 Å². The minimum atomic E-state index is -0.401. The second-order valence-corrected chi connectivity index (χ2v) is 7.43. The first kappa shape index (κ1) is 16.2. The number of nitrogens with one attached hydrogen (secondary N) is 1. The lowest BCUT2D eigenvalue weighted by Gasteiger charge is -2.08. The van der Waals surface area contributed by atoms with Gasteiger partial charge in [0, 0.05) is 10.2 Å². The quantitative estimate of drug-likeness (QED) is 0.720. The number of thiophene rings is 1. The fourth-order valence-corrected chi connectivity index (χ4v) is 3.62. The van der Waals surface area contributed by atoms with E-state index in [1.165, 1.54) is 18.4 Å². The molecule has 4 nitrogen and oxygen atoms in total. The molecule has 0 saturated heterocycles. The van der Waals surface area contributed by atoms with Crippen LogP contribution < -0.4 is 5.32 Å². The Kier molecular flexibility index (Phi) is 5.18. The number of carbonyl (C=O) groups excluding carboxylic acids is 2. The molecule has 0 saturated carbocycles. The van der Waals surface area contributed by atoms with E-state index < -0.39 is 5.97 Å². The van der Waals surface area contributed by atoms with E-state index in [0.29, 0.717) is 16.1 Å². The van der Waals surface area contributed by atoms with Crippen LogP contribution in [0.3, 0.4) is 0 Å². The highest BCUT2D eigenvalue weighted by Crippen LogP contribution is 2.32. The Morgan fingerprint density at radius 1 is 1.24 bits per heavy atom. The molecule has 1 aromatic heterocycles. The van der Waals surface area contributed by atoms with E-state index in [9.17, 15) is 9.59 Å². The lowest BCUT2D eigenvalue weighted by molar-refractivity contribution is 0.0600. The van der Waals surface area contributed by atoms with Gasteiger partial charge < -0.3 is 10.1 Å². The van der Waals surface area contributed by atoms with Crippen LogP contribution in [0.5, 0.6) is 0 Å². The van der Waals surface area contributed by atoms with E-state index in [0.717, 1.165) is 13.8 Å². The molecule has 0 aliphatic rings. The summed E-state index contributed by atoms with van der Waals surface area (Å²) in [6, 6.07) is 6.75. The summed E-state index contributed by atoms with van der Waals surface area (Å²) < 4.78 is 6.37. The van der Waals surface area contributed by atoms with E-state index in [4.69, 9.17) is 0 Å². The maximum atomic E-state index is 12.2. The number of benzene rings is 1. The largest absolute Gasteiger partial charge is 0.465 e. The number of carbonyl (C=O) groups is 2. The number of hydrogen-bond acceptors (Lipinski definition) is 4. The lowest BCUT2D eigenvalue weighted by Crippen LogP contribution is -2.11. The van der Waals surface area contributed by atoms with Gasteiger partial charge in [-0.15, -0.1) is 11.3 Å². The molecule has 0 aliphatic carbocycles. The summed E-state index contributed by atoms with van der Waals surface area (Å²) in [6.45, 7) is 1.82. The number of methoxy groups -OCH3 is 1. The highest BCUT2D eigenvalue weighted by atomic mass is 79.9. The average Bonchev–Trinajstić information content (AvgIpc) is 2.80. The lowest BCUT2D eigenvalue weighted by atomic mass is 10.1. The van der Waals surface area contributed by atoms with Gasteiger partial charge in [0.1, 0.15) is 0 Å². The Balaban J connectivity index is 2.20. The summed E-state index contributed by atoms with van der Waals surface area (Å²) in [5.74, 6) is -0.595. The Hall–Kier alpha value is -1.18. The molecule has 0 atom stereocenters. The molecule has 1 amide bonds. The van der Waals surface area contributed by atoms with Crippen molar-refractivity contribution in [1.82, 2.24) is 0 Å². The highest BCUT2D eigenvalue weighted by Gasteiger charge is 2.14. The summed E-state index contributed by atoms with van der Waals surface area (Å²) in [5, 5.41) is 2.83. The minimum Gasteiger partial charge on any atom is -0.465 e. The van der Waals surface area contributed by atoms with Gasteiger partial charge in [0.05, 0.1) is 21.3 Å². The predicted octanol–water partition coefficient (Wildman–Crippen LogP) is 4.62. The molecule has 0 bridgehead atoms. The highest BCUT2D eigenvalue weighted by molar-refractivity contribution is 9.13. The Morgan fingerprint density at radius 2 is 1.95 bits per heavy atom. The number of anilines is 1. The standard InChI is InChI=1S/C14H11Br2NO3S/c1-7-5-8(14(19)20-2)3-4-10(7)17-13(18)11-6-9(15)12(16)21-11/h3-6H,1-2H3,(H,17,18). The number of esters is 1. The van der Waals surface area contributed by atoms with E-state index in [1.807, 2.05) is 6.92 Å². The average molecular weight is 433 g/mol. The normalized spacial score (nSPS) is 10.3. The SMILES string of the molecule is COC(=O)c1ccc(NC(=O)c2cc(Br)c(Br)s2)c(C)c1. The number of ether oxygens (including phenoxy) is 1. The van der Waals surface area contributed by atoms with Gasteiger partial charge in [0.2, 0.25) is 0 Å². The van der Waals surface area contributed by atoms with Gasteiger partial charge in [-0.25, -0.2) is 4.79 Å². The zero-order valence-corrected chi connectivity index (χ0v) is 15.2. The molecule has 0 fully saturated rings. The van der Waals surface area contributed by atoms with Crippen LogP contribution in [-0.4, -0.2) is 19.0 Å². The molecule has 1 aromatic carbocycles. The first-order valence-corrected chi connectivity index (χ1v) is 8.27. The van der Waals surface area contributed by atoms with Gasteiger partial charge >= 0.3 is 5.97 Å². The van der Waals surface area contributed by atoms with Crippen LogP contribution in [0.25, 0.3) is 0 Å². The zero-order chi connectivity index (χ0) is 15.6. The molecule has 2 rings (SSSR count). The van der Waals surface area contributed by atoms with Crippen molar-refractivity contribution in [3.63, 3.8) is 0 Å². The van der Waals surface area contributed by atoms with Gasteiger partial charge in [-0.3, -0.25) is 4.79 Å². The van der Waals surface area contributed by atoms with Crippen LogP contribution in [0.2, 0.25) is 0 Å². The molecular formula is C14H11Br2NO3S. The summed E-state index contributed by atoms with van der Waals surface area (Å²) in [6.07, 6.45) is 0. The Labute approximate surface area is 142 Å². The van der Waals surface area contributed by atoms with Crippen molar-refractivity contribution >= 4 is 60.8 Å². The number of aryl methyl sites for hydroxylation is 1. The summed E-state index contributed by atoms with van der Waals surface area (Å²) in [7, 11) is 1.33. The summed E-state index contributed by atoms with van der Waals surface area (Å²) >= 11 is 8.05. The monoisotopic (exact) mass is 431 g/mol. The molecule has 0 unspecified atom stereocenters. The number of amides is 1. The molecule has 21 heavy (non-hydrogen) atoms. The van der Waals surface area contributed by atoms with Crippen LogP contribution >= 0.6 is 43.2 Å². The van der Waals surface area contributed by atoms with Crippen molar-refractivity contribution in [1.29, 1.82) is 0 Å². The summed E-state index contributed by atoms with van der Waals surface area (Å²) in [4.78, 5) is 24.2. The van der Waals surface area contributed by atoms with Crippen molar-refractivity contribution in [3.8, 4) is 0 Å². The molecule has 110 valence electrons. The van der Waals surface area contributed by atoms with Crippen LogP contribution in [0.15, 0.2) is 32.5 Å². The van der Waals surface area contributed by atoms with E-state index >= 15 is 0 Å². The Bertz CT molecular complexity index is 693. The fourth-order valence-electron chi connectivity index (χ4n) is 1.69. The maximum absolute atomic E-state index is 12.2. The molecule has 1 N–H and O–H groups in total. The van der Waals surface area contributed by atoms with E-state index in [-0.39, 0.29) is 5.91 Å². The minimum absolute atomic E-state index is 0.194. The van der Waals surface area contributed by atoms with Crippen molar-refractivity contribution in [2.75, 3.05) is 12.4 Å². The third kappa shape index (κ3) is 3.72. The van der Waals surface area contributed by atoms with Gasteiger partial charge in [-0.1, -0.05) is 0 Å². The first-order chi connectivity index (χ1) is 9.92. The third-order valence-corrected chi connectivity index (χ3v) is 6.02. The van der Waals surface area contributed by atoms with Gasteiger partial charge in [-0.05, 0) is 68.6 Å². The molecule has 7 heteroatoms. The van der Waals surface area contributed by atoms with Crippen molar-refractivity contribution < 1.29 is 14.3 Å². The predicted molar refractivity (Wildman–Crippen MR) is 90.2 cm³/mol. The number of hydrogen-bond donors (Lipinski definition) is 1. The van der Waals surface area contributed by atoms with Gasteiger partial charge in [0.25, 0.3) is 5.91 Å². The smallest absolute Gasteiger partial charge is 0.337 e. The maximum Gasteiger partial charge on any atom is 0.337 e. The molecule has 0 aliphatic heterocycles. The van der Waals surface area contributed by atoms with Crippen molar-refractivity contribution in [2.45, 2.75) is 6.92 Å². The van der Waals surface area contributed by atoms with Gasteiger partial charge in [-0.2, -0.15) is 0 Å². The van der Waals surface area contributed by atoms with Crippen LogP contribution in [-0.2, 0) is 4.74 Å². The van der Waals surface area contributed by atoms with Crippen LogP contribution in [0.4, 0.5) is 5.69 Å². The van der Waals surface area contributed by atoms with Crippen molar-refractivity contribution in [3.05, 3.63) is 48.5 Å². The fraction of sp³-hybridized carbons (Fsp3) is 0.143.